The Bertz CT molecular complexity index is 633. The van der Waals surface area contributed by atoms with Crippen molar-refractivity contribution in [2.45, 2.75) is 0 Å². The molecular formula is C18H18AlO12P. The Labute approximate surface area is 189 Å². The Morgan fingerprint density at radius 1 is 0.469 bits per heavy atom. The molecule has 0 saturated carbocycles. The summed E-state index contributed by atoms with van der Waals surface area (Å²) in [6, 6.07) is 0. The highest BCUT2D eigenvalue weighted by Crippen LogP contribution is 2.40. The lowest BCUT2D eigenvalue weighted by molar-refractivity contribution is -0.143. The fourth-order valence-corrected chi connectivity index (χ4v) is 2.67. The summed E-state index contributed by atoms with van der Waals surface area (Å²) in [6.07, 6.45) is 5.05. The van der Waals surface area contributed by atoms with Gasteiger partial charge in [0.25, 0.3) is 17.9 Å². The van der Waals surface area contributed by atoms with Gasteiger partial charge in [-0.15, -0.1) is 0 Å². The Hall–Kier alpha value is -3.78. The molecule has 0 aromatic carbocycles. The van der Waals surface area contributed by atoms with Crippen LogP contribution in [0.25, 0.3) is 0 Å². The zero-order valence-corrected chi connectivity index (χ0v) is 18.7. The van der Waals surface area contributed by atoms with Gasteiger partial charge in [-0.3, -0.25) is 14.4 Å². The molecule has 12 nitrogen and oxygen atoms in total. The van der Waals surface area contributed by atoms with Crippen molar-refractivity contribution in [3.05, 3.63) is 75.9 Å². The van der Waals surface area contributed by atoms with Crippen molar-refractivity contribution in [2.24, 2.45) is 0 Å². The van der Waals surface area contributed by atoms with Gasteiger partial charge in [0.05, 0.1) is 0 Å². The molecule has 0 aliphatic heterocycles. The second-order valence-electron chi connectivity index (χ2n) is 4.28. The third-order valence-electron chi connectivity index (χ3n) is 2.13. The number of carbonyl (C=O) groups excluding carboxylic acids is 6. The molecule has 32 heavy (non-hydrogen) atoms. The molecule has 170 valence electrons. The highest BCUT2D eigenvalue weighted by Gasteiger charge is 2.47. The molecule has 0 heterocycles. The maximum absolute atomic E-state index is 10.8. The van der Waals surface area contributed by atoms with Gasteiger partial charge in [-0.25, -0.2) is 14.4 Å². The van der Waals surface area contributed by atoms with Gasteiger partial charge in [0, 0.05) is 36.5 Å². The minimum absolute atomic E-state index is 0.832. The standard InChI is InChI=1S/C9H9O6P.3C3H4O2.Al/c1-4-7(10)13-16(14-8(11)5-2)15-9(12)6-3;3*1-2-3(4)5;/h4-6H,1-3H2;3*2H,1H2,(H,4,5);/q;;;;+3/p-3. The van der Waals surface area contributed by atoms with Gasteiger partial charge in [0.15, 0.2) is 0 Å². The van der Waals surface area contributed by atoms with Crippen LogP contribution >= 0.6 is 8.60 Å². The lowest BCUT2D eigenvalue weighted by atomic mass is 10.7. The number of carbonyl (C=O) groups is 6. The zero-order valence-electron chi connectivity index (χ0n) is 16.6. The van der Waals surface area contributed by atoms with Gasteiger partial charge in [-0.1, -0.05) is 39.5 Å². The molecule has 0 aromatic heterocycles. The zero-order chi connectivity index (χ0) is 25.1. The molecule has 0 amide bonds. The normalized spacial score (nSPS) is 8.53. The summed E-state index contributed by atoms with van der Waals surface area (Å²) in [5.74, 6) is -5.24. The molecule has 0 saturated heterocycles. The topological polar surface area (TPSA) is 158 Å². The number of rotatable bonds is 12. The van der Waals surface area contributed by atoms with E-state index in [1.54, 1.807) is 0 Å². The van der Waals surface area contributed by atoms with Gasteiger partial charge < -0.3 is 24.9 Å². The molecule has 0 aliphatic rings. The first-order chi connectivity index (χ1) is 15.1. The van der Waals surface area contributed by atoms with Crippen molar-refractivity contribution in [1.82, 2.24) is 0 Å². The predicted molar refractivity (Wildman–Crippen MR) is 110 cm³/mol. The SMILES string of the molecule is C=CC(=O)OP(OC(=O)C=C)OC(=O)C=C.C=CC(=O)[O][Al]([O]C(=O)C=C)[O]C(=O)C=C. The van der Waals surface area contributed by atoms with Crippen LogP contribution in [0.1, 0.15) is 0 Å². The first-order valence-corrected chi connectivity index (χ1v) is 10.4. The highest BCUT2D eigenvalue weighted by atomic mass is 31.2. The van der Waals surface area contributed by atoms with E-state index >= 15 is 0 Å². The number of hydrogen-bond acceptors (Lipinski definition) is 12. The second-order valence-corrected chi connectivity index (χ2v) is 6.56. The Morgan fingerprint density at radius 3 is 0.875 bits per heavy atom. The Morgan fingerprint density at radius 2 is 0.688 bits per heavy atom. The van der Waals surface area contributed by atoms with Crippen LogP contribution in [-0.4, -0.2) is 51.0 Å². The summed E-state index contributed by atoms with van der Waals surface area (Å²) in [5, 5.41) is 0. The number of hydrogen-bond donors (Lipinski definition) is 0. The lowest BCUT2D eigenvalue weighted by Gasteiger charge is -2.11. The molecule has 0 atom stereocenters. The summed E-state index contributed by atoms with van der Waals surface area (Å²) < 4.78 is 27.0. The molecular weight excluding hydrogens is 466 g/mol. The van der Waals surface area contributed by atoms with E-state index in [0.717, 1.165) is 36.5 Å². The van der Waals surface area contributed by atoms with Crippen LogP contribution in [0.4, 0.5) is 0 Å². The highest BCUT2D eigenvalue weighted by molar-refractivity contribution is 7.43. The van der Waals surface area contributed by atoms with Crippen LogP contribution in [-0.2, 0) is 53.7 Å². The third kappa shape index (κ3) is 16.1. The van der Waals surface area contributed by atoms with Gasteiger partial charge in [-0.05, 0) is 0 Å². The predicted octanol–water partition coefficient (Wildman–Crippen LogP) is 1.56. The monoisotopic (exact) mass is 484 g/mol. The molecule has 0 N–H and O–H groups in total. The van der Waals surface area contributed by atoms with E-state index in [1.807, 2.05) is 0 Å². The second kappa shape index (κ2) is 18.0. The van der Waals surface area contributed by atoms with Crippen LogP contribution in [0.15, 0.2) is 75.9 Å². The van der Waals surface area contributed by atoms with Gasteiger partial charge in [0.2, 0.25) is 0 Å². The summed E-state index contributed by atoms with van der Waals surface area (Å²) in [6.45, 7) is 18.8. The Kier molecular flexibility index (Phi) is 17.1. The van der Waals surface area contributed by atoms with Gasteiger partial charge >= 0.3 is 41.7 Å². The molecule has 14 heteroatoms. The molecule has 0 aromatic rings. The van der Waals surface area contributed by atoms with Crippen molar-refractivity contribution in [1.29, 1.82) is 0 Å². The Balaban J connectivity index is 0. The summed E-state index contributed by atoms with van der Waals surface area (Å²) in [5.41, 5.74) is 0. The lowest BCUT2D eigenvalue weighted by Crippen LogP contribution is -2.33. The van der Waals surface area contributed by atoms with E-state index in [4.69, 9.17) is 0 Å². The van der Waals surface area contributed by atoms with Crippen molar-refractivity contribution in [3.63, 3.8) is 0 Å². The van der Waals surface area contributed by atoms with Crippen molar-refractivity contribution in [2.75, 3.05) is 0 Å². The minimum atomic E-state index is -3.22. The molecule has 0 radical (unpaired) electrons. The molecule has 0 bridgehead atoms. The van der Waals surface area contributed by atoms with Gasteiger partial charge in [0.1, 0.15) is 0 Å². The fourth-order valence-electron chi connectivity index (χ4n) is 0.889. The first kappa shape index (κ1) is 30.4. The molecule has 0 spiro atoms. The van der Waals surface area contributed by atoms with E-state index in [2.05, 4.69) is 64.4 Å². The largest absolute Gasteiger partial charge is 1.20 e. The van der Waals surface area contributed by atoms with Crippen LogP contribution in [0.5, 0.6) is 0 Å². The third-order valence-corrected chi connectivity index (χ3v) is 4.39. The molecule has 0 aliphatic carbocycles. The summed E-state index contributed by atoms with van der Waals surface area (Å²) >= 11 is -3.22. The molecule has 0 unspecified atom stereocenters. The van der Waals surface area contributed by atoms with E-state index in [9.17, 15) is 28.8 Å². The molecule has 0 fully saturated rings. The quantitative estimate of drug-likeness (QED) is 0.224. The van der Waals surface area contributed by atoms with Crippen molar-refractivity contribution < 1.29 is 53.7 Å². The smallest absolute Gasteiger partial charge is 0.548 e. The van der Waals surface area contributed by atoms with E-state index in [-0.39, 0.29) is 0 Å². The first-order valence-electron chi connectivity index (χ1n) is 7.89. The average Bonchev–Trinajstić information content (AvgIpc) is 2.78. The van der Waals surface area contributed by atoms with Crippen LogP contribution in [0.3, 0.4) is 0 Å². The van der Waals surface area contributed by atoms with E-state index in [1.165, 1.54) is 0 Å². The summed E-state index contributed by atoms with van der Waals surface area (Å²) in [7, 11) is -2.46. The van der Waals surface area contributed by atoms with Crippen LogP contribution < -0.4 is 0 Å². The fraction of sp³-hybridized carbons (Fsp3) is 0. The minimum Gasteiger partial charge on any atom is -0.548 e. The maximum atomic E-state index is 10.8. The van der Waals surface area contributed by atoms with Gasteiger partial charge in [-0.2, -0.15) is 0 Å². The van der Waals surface area contributed by atoms with Crippen LogP contribution in [0, 0.1) is 0 Å². The summed E-state index contributed by atoms with van der Waals surface area (Å²) in [4.78, 5) is 64.9. The van der Waals surface area contributed by atoms with Crippen LogP contribution in [0.2, 0.25) is 0 Å². The van der Waals surface area contributed by atoms with E-state index in [0.29, 0.717) is 0 Å². The molecule has 0 rings (SSSR count). The van der Waals surface area contributed by atoms with E-state index < -0.39 is 59.6 Å². The van der Waals surface area contributed by atoms with Crippen molar-refractivity contribution >= 4 is 59.6 Å². The van der Waals surface area contributed by atoms with Crippen molar-refractivity contribution in [3.8, 4) is 0 Å². The maximum Gasteiger partial charge on any atom is 1.20 e. The average molecular weight is 484 g/mol.